The molecule has 1 saturated heterocycles. The van der Waals surface area contributed by atoms with Crippen LogP contribution in [0, 0.1) is 11.3 Å². The summed E-state index contributed by atoms with van der Waals surface area (Å²) in [4.78, 5) is 53.6. The molecule has 9 nitrogen and oxygen atoms in total. The number of ether oxygens (including phenoxy) is 1. The number of aromatic nitrogens is 1. The number of aliphatic carboxylic acids is 1. The maximum atomic E-state index is 12.6. The summed E-state index contributed by atoms with van der Waals surface area (Å²) in [6, 6.07) is -0.482. The lowest BCUT2D eigenvalue weighted by Gasteiger charge is -2.23. The van der Waals surface area contributed by atoms with Crippen molar-refractivity contribution in [3.63, 3.8) is 0 Å². The summed E-state index contributed by atoms with van der Waals surface area (Å²) >= 11 is 0.899. The van der Waals surface area contributed by atoms with Gasteiger partial charge in [0.1, 0.15) is 4.88 Å². The Kier molecular flexibility index (Phi) is 5.18. The number of nitrogens with zero attached hydrogens (tertiary/aromatic N) is 2. The largest absolute Gasteiger partial charge is 0.481 e. The lowest BCUT2D eigenvalue weighted by atomic mass is 9.81. The number of likely N-dealkylation sites (tertiary alicyclic amines) is 1. The average molecular weight is 395 g/mol. The third kappa shape index (κ3) is 3.41. The normalized spacial score (nSPS) is 23.8. The SMILES string of the molecule is CCOC(=O)c1nc(NC(=O)N2C[C@@H]3CCC[C@@]3(C(=O)O)C2)sc1C(C)=O. The summed E-state index contributed by atoms with van der Waals surface area (Å²) < 4.78 is 4.89. The van der Waals surface area contributed by atoms with Gasteiger partial charge >= 0.3 is 18.0 Å². The van der Waals surface area contributed by atoms with Crippen LogP contribution in [0.1, 0.15) is 53.3 Å². The Morgan fingerprint density at radius 3 is 2.74 bits per heavy atom. The molecule has 0 aromatic carbocycles. The Morgan fingerprint density at radius 1 is 1.41 bits per heavy atom. The maximum Gasteiger partial charge on any atom is 0.358 e. The number of hydrogen-bond acceptors (Lipinski definition) is 7. The van der Waals surface area contributed by atoms with Gasteiger partial charge in [-0.1, -0.05) is 17.8 Å². The number of carbonyl (C=O) groups excluding carboxylic acids is 3. The molecule has 10 heteroatoms. The standard InChI is InChI=1S/C17H21N3O6S/c1-3-26-13(22)11-12(9(2)21)27-15(18-11)19-16(25)20-7-10-5-4-6-17(10,8-20)14(23)24/h10H,3-8H2,1-2H3,(H,23,24)(H,18,19,25)/t10-,17+/m0/s1. The van der Waals surface area contributed by atoms with Gasteiger partial charge in [-0.25, -0.2) is 14.6 Å². The van der Waals surface area contributed by atoms with Crippen LogP contribution in [-0.2, 0) is 9.53 Å². The second kappa shape index (κ2) is 7.26. The Hall–Kier alpha value is -2.49. The number of Topliss-reactive ketones (excluding diaryl/α,β-unsaturated/α-hetero) is 1. The molecule has 1 aliphatic heterocycles. The van der Waals surface area contributed by atoms with Crippen LogP contribution in [0.15, 0.2) is 0 Å². The minimum atomic E-state index is -0.874. The van der Waals surface area contributed by atoms with Crippen LogP contribution in [-0.4, -0.2) is 58.4 Å². The number of thiazole rings is 1. The topological polar surface area (TPSA) is 126 Å². The van der Waals surface area contributed by atoms with Gasteiger partial charge in [-0.05, 0) is 25.7 Å². The number of amides is 2. The zero-order chi connectivity index (χ0) is 19.8. The molecule has 1 aromatic heterocycles. The minimum Gasteiger partial charge on any atom is -0.481 e. The highest BCUT2D eigenvalue weighted by molar-refractivity contribution is 7.18. The molecule has 0 bridgehead atoms. The highest BCUT2D eigenvalue weighted by Gasteiger charge is 2.55. The number of carbonyl (C=O) groups is 4. The van der Waals surface area contributed by atoms with E-state index in [1.807, 2.05) is 0 Å². The molecule has 2 N–H and O–H groups in total. The minimum absolute atomic E-state index is 0.0556. The zero-order valence-corrected chi connectivity index (χ0v) is 15.9. The number of nitrogens with one attached hydrogen (secondary N) is 1. The first-order chi connectivity index (χ1) is 12.8. The summed E-state index contributed by atoms with van der Waals surface area (Å²) in [5.74, 6) is -1.99. The van der Waals surface area contributed by atoms with E-state index in [0.717, 1.165) is 24.2 Å². The predicted molar refractivity (Wildman–Crippen MR) is 96.1 cm³/mol. The molecule has 1 saturated carbocycles. The van der Waals surface area contributed by atoms with Gasteiger partial charge in [0.25, 0.3) is 0 Å². The van der Waals surface area contributed by atoms with Crippen molar-refractivity contribution in [2.24, 2.45) is 11.3 Å². The van der Waals surface area contributed by atoms with Crippen molar-refractivity contribution >= 4 is 40.2 Å². The molecule has 2 aliphatic rings. The van der Waals surface area contributed by atoms with E-state index in [-0.39, 0.29) is 40.6 Å². The van der Waals surface area contributed by atoms with Gasteiger partial charge in [0, 0.05) is 20.0 Å². The second-order valence-corrected chi connectivity index (χ2v) is 7.83. The monoisotopic (exact) mass is 395 g/mol. The molecule has 2 fully saturated rings. The maximum absolute atomic E-state index is 12.6. The van der Waals surface area contributed by atoms with E-state index in [1.54, 1.807) is 6.92 Å². The van der Waals surface area contributed by atoms with Crippen LogP contribution < -0.4 is 5.32 Å². The van der Waals surface area contributed by atoms with Gasteiger partial charge in [-0.2, -0.15) is 0 Å². The lowest BCUT2D eigenvalue weighted by Crippen LogP contribution is -2.38. The van der Waals surface area contributed by atoms with E-state index in [1.165, 1.54) is 11.8 Å². The van der Waals surface area contributed by atoms with Crippen molar-refractivity contribution in [1.29, 1.82) is 0 Å². The third-order valence-electron chi connectivity index (χ3n) is 5.21. The predicted octanol–water partition coefficient (Wildman–Crippen LogP) is 2.24. The number of urea groups is 1. The van der Waals surface area contributed by atoms with Gasteiger partial charge < -0.3 is 14.7 Å². The smallest absolute Gasteiger partial charge is 0.358 e. The van der Waals surface area contributed by atoms with E-state index in [9.17, 15) is 24.3 Å². The molecule has 0 unspecified atom stereocenters. The summed E-state index contributed by atoms with van der Waals surface area (Å²) in [5.41, 5.74) is -0.995. The third-order valence-corrected chi connectivity index (χ3v) is 6.29. The van der Waals surface area contributed by atoms with Crippen molar-refractivity contribution < 1.29 is 29.0 Å². The number of carboxylic acids is 1. The number of anilines is 1. The van der Waals surface area contributed by atoms with Gasteiger partial charge in [-0.15, -0.1) is 0 Å². The van der Waals surface area contributed by atoms with Crippen LogP contribution in [0.25, 0.3) is 0 Å². The molecule has 1 aliphatic carbocycles. The van der Waals surface area contributed by atoms with Crippen molar-refractivity contribution in [1.82, 2.24) is 9.88 Å². The summed E-state index contributed by atoms with van der Waals surface area (Å²) in [7, 11) is 0. The van der Waals surface area contributed by atoms with Gasteiger partial charge in [0.15, 0.2) is 16.6 Å². The van der Waals surface area contributed by atoms with E-state index in [4.69, 9.17) is 4.74 Å². The number of hydrogen-bond donors (Lipinski definition) is 2. The molecule has 3 rings (SSSR count). The van der Waals surface area contributed by atoms with Crippen LogP contribution in [0.3, 0.4) is 0 Å². The molecule has 2 amide bonds. The van der Waals surface area contributed by atoms with Crippen molar-refractivity contribution in [2.75, 3.05) is 25.0 Å². The highest BCUT2D eigenvalue weighted by atomic mass is 32.1. The Morgan fingerprint density at radius 2 is 2.15 bits per heavy atom. The van der Waals surface area contributed by atoms with Crippen molar-refractivity contribution in [2.45, 2.75) is 33.1 Å². The molecule has 146 valence electrons. The Labute approximate surface area is 159 Å². The molecule has 27 heavy (non-hydrogen) atoms. The van der Waals surface area contributed by atoms with E-state index >= 15 is 0 Å². The van der Waals surface area contributed by atoms with Crippen molar-refractivity contribution in [3.8, 4) is 0 Å². The number of fused-ring (bicyclic) bond motifs is 1. The number of esters is 1. The molecule has 2 atom stereocenters. The summed E-state index contributed by atoms with van der Waals surface area (Å²) in [6.07, 6.45) is 2.20. The lowest BCUT2D eigenvalue weighted by molar-refractivity contribution is -0.149. The molecule has 1 aromatic rings. The number of rotatable bonds is 5. The van der Waals surface area contributed by atoms with Gasteiger partial charge in [0.2, 0.25) is 0 Å². The van der Waals surface area contributed by atoms with Gasteiger partial charge in [-0.3, -0.25) is 14.9 Å². The molecular weight excluding hydrogens is 374 g/mol. The number of ketones is 1. The quantitative estimate of drug-likeness (QED) is 0.578. The van der Waals surface area contributed by atoms with Crippen LogP contribution >= 0.6 is 11.3 Å². The van der Waals surface area contributed by atoms with Crippen LogP contribution in [0.4, 0.5) is 9.93 Å². The Bertz CT molecular complexity index is 807. The van der Waals surface area contributed by atoms with Crippen LogP contribution in [0.2, 0.25) is 0 Å². The fourth-order valence-electron chi connectivity index (χ4n) is 3.91. The zero-order valence-electron chi connectivity index (χ0n) is 15.1. The summed E-state index contributed by atoms with van der Waals surface area (Å²) in [5, 5.41) is 12.3. The van der Waals surface area contributed by atoms with E-state index in [2.05, 4.69) is 10.3 Å². The van der Waals surface area contributed by atoms with Gasteiger partial charge in [0.05, 0.1) is 12.0 Å². The number of carboxylic acid groups (broad SMARTS) is 1. The van der Waals surface area contributed by atoms with E-state index < -0.39 is 23.4 Å². The molecule has 2 heterocycles. The first kappa shape index (κ1) is 19.3. The van der Waals surface area contributed by atoms with E-state index in [0.29, 0.717) is 13.0 Å². The molecular formula is C17H21N3O6S. The molecule has 0 spiro atoms. The second-order valence-electron chi connectivity index (χ2n) is 6.83. The average Bonchev–Trinajstić information content (AvgIpc) is 3.26. The first-order valence-corrected chi connectivity index (χ1v) is 9.58. The first-order valence-electron chi connectivity index (χ1n) is 8.76. The molecule has 0 radical (unpaired) electrons. The summed E-state index contributed by atoms with van der Waals surface area (Å²) in [6.45, 7) is 3.60. The fraction of sp³-hybridized carbons (Fsp3) is 0.588. The highest BCUT2D eigenvalue weighted by Crippen LogP contribution is 2.49. The fourth-order valence-corrected chi connectivity index (χ4v) is 4.75. The van der Waals surface area contributed by atoms with Crippen LogP contribution in [0.5, 0.6) is 0 Å². The van der Waals surface area contributed by atoms with Crippen molar-refractivity contribution in [3.05, 3.63) is 10.6 Å². The Balaban J connectivity index is 1.75.